The van der Waals surface area contributed by atoms with E-state index in [0.29, 0.717) is 17.5 Å². The Bertz CT molecular complexity index is 6670. The van der Waals surface area contributed by atoms with E-state index in [1.807, 2.05) is 12.1 Å². The van der Waals surface area contributed by atoms with Gasteiger partial charge in [-0.3, -0.25) is 0 Å². The number of fused-ring (bicyclic) bond motifs is 23. The van der Waals surface area contributed by atoms with Crippen molar-refractivity contribution in [3.8, 4) is 73.7 Å². The third kappa shape index (κ3) is 7.56. The Kier molecular flexibility index (Phi) is 11.4. The van der Waals surface area contributed by atoms with Crippen LogP contribution in [0.1, 0.15) is 25.0 Å². The van der Waals surface area contributed by atoms with Crippen molar-refractivity contribution in [2.45, 2.75) is 19.3 Å². The molecule has 0 amide bonds. The summed E-state index contributed by atoms with van der Waals surface area (Å²) < 4.78 is 12.7. The highest BCUT2D eigenvalue weighted by Crippen LogP contribution is 2.55. The highest BCUT2D eigenvalue weighted by atomic mass is 15.1. The fourth-order valence-corrected chi connectivity index (χ4v) is 17.1. The van der Waals surface area contributed by atoms with E-state index >= 15 is 0 Å². The van der Waals surface area contributed by atoms with Gasteiger partial charge >= 0.3 is 0 Å². The van der Waals surface area contributed by atoms with E-state index in [1.165, 1.54) is 54.6 Å². The molecule has 20 aromatic rings. The predicted octanol–water partition coefficient (Wildman–Crippen LogP) is 22.7. The maximum atomic E-state index is 5.54. The molecule has 0 N–H and O–H groups in total. The number of hydrogen-bond donors (Lipinski definition) is 0. The number of rotatable bonds is 8. The van der Waals surface area contributed by atoms with E-state index in [-0.39, 0.29) is 5.41 Å². The van der Waals surface area contributed by atoms with Gasteiger partial charge in [-0.15, -0.1) is 0 Å². The quantitative estimate of drug-likeness (QED) is 0.152. The lowest BCUT2D eigenvalue weighted by Gasteiger charge is -2.22. The highest BCUT2D eigenvalue weighted by Gasteiger charge is 2.39. The average molecular weight is 1250 g/mol. The first-order valence-electron chi connectivity index (χ1n) is 33.7. The van der Waals surface area contributed by atoms with Crippen molar-refractivity contribution in [3.05, 3.63) is 327 Å². The van der Waals surface area contributed by atoms with Crippen molar-refractivity contribution < 1.29 is 0 Å². The van der Waals surface area contributed by atoms with E-state index in [1.54, 1.807) is 0 Å². The molecular weight excluding hydrogens is 1190 g/mol. The van der Waals surface area contributed by atoms with E-state index in [2.05, 4.69) is 340 Å². The van der Waals surface area contributed by atoms with Crippen molar-refractivity contribution in [1.82, 2.24) is 37.8 Å². The van der Waals surface area contributed by atoms with Crippen LogP contribution in [0.15, 0.2) is 315 Å². The van der Waals surface area contributed by atoms with Gasteiger partial charge in [-0.1, -0.05) is 232 Å². The van der Waals surface area contributed by atoms with Crippen LogP contribution in [0.4, 0.5) is 0 Å². The zero-order valence-electron chi connectivity index (χ0n) is 53.6. The Morgan fingerprint density at radius 1 is 0.235 bits per heavy atom. The van der Waals surface area contributed by atoms with Crippen molar-refractivity contribution >= 4 is 109 Å². The minimum Gasteiger partial charge on any atom is -0.309 e. The van der Waals surface area contributed by atoms with Gasteiger partial charge in [-0.25, -0.2) is 15.0 Å². The van der Waals surface area contributed by atoms with Gasteiger partial charge in [0.25, 0.3) is 0 Å². The molecule has 0 saturated heterocycles. The molecule has 8 nitrogen and oxygen atoms in total. The molecule has 458 valence electrons. The maximum absolute atomic E-state index is 5.54. The zero-order valence-corrected chi connectivity index (χ0v) is 53.6. The number of para-hydroxylation sites is 7. The number of nitrogens with zero attached hydrogens (tertiary/aromatic N) is 8. The highest BCUT2D eigenvalue weighted by molar-refractivity contribution is 6.42. The lowest BCUT2D eigenvalue weighted by atomic mass is 9.80. The first-order chi connectivity index (χ1) is 48.4. The predicted molar refractivity (Wildman–Crippen MR) is 405 cm³/mol. The smallest absolute Gasteiger partial charge is 0.164 e. The van der Waals surface area contributed by atoms with Crippen LogP contribution >= 0.6 is 0 Å². The molecule has 0 aliphatic heterocycles. The van der Waals surface area contributed by atoms with Crippen molar-refractivity contribution in [2.75, 3.05) is 0 Å². The van der Waals surface area contributed by atoms with Gasteiger partial charge in [-0.05, 0) is 119 Å². The summed E-state index contributed by atoms with van der Waals surface area (Å²) >= 11 is 0. The molecule has 8 heteroatoms. The normalized spacial score (nSPS) is 12.9. The van der Waals surface area contributed by atoms with Crippen LogP contribution in [0.2, 0.25) is 0 Å². The molecule has 0 radical (unpaired) electrons. The topological polar surface area (TPSA) is 63.3 Å². The Hall–Kier alpha value is -12.9. The second-order valence-electron chi connectivity index (χ2n) is 26.6. The molecule has 0 saturated carbocycles. The van der Waals surface area contributed by atoms with Gasteiger partial charge < -0.3 is 22.8 Å². The molecule has 0 fully saturated rings. The standard InChI is InChI=1S/C90H58N8/c1-90(2)70-43-23-18-38-63(70)64-48-50-75-77(82(64)90)65-39-19-24-44-71(65)95(75)61-52-57(89-92-87(55-28-8-3-9-29-55)91-88(93-89)56-30-10-4-11-31-56)53-62(54-61)97-74-47-27-22-42-68(74)80-84(97)79-67-41-21-26-46-73(67)96(59-34-14-6-15-35-59)85(79)81-69-49-51-76-78(83(69)98(86(80)81)60-36-16-7-17-37-60)66-40-20-25-45-72(66)94(76)58-32-12-5-13-33-58/h3-54H,1-2H3. The Morgan fingerprint density at radius 2 is 0.602 bits per heavy atom. The average Bonchev–Trinajstić information content (AvgIpc) is 1.51. The van der Waals surface area contributed by atoms with E-state index < -0.39 is 0 Å². The largest absolute Gasteiger partial charge is 0.309 e. The summed E-state index contributed by atoms with van der Waals surface area (Å²) in [5, 5.41) is 11.8. The van der Waals surface area contributed by atoms with Crippen molar-refractivity contribution in [3.63, 3.8) is 0 Å². The molecule has 0 atom stereocenters. The Labute approximate surface area is 563 Å². The van der Waals surface area contributed by atoms with Crippen LogP contribution in [0.3, 0.4) is 0 Å². The van der Waals surface area contributed by atoms with Gasteiger partial charge in [0.2, 0.25) is 0 Å². The molecule has 6 heterocycles. The van der Waals surface area contributed by atoms with Crippen LogP contribution in [0, 0.1) is 0 Å². The summed E-state index contributed by atoms with van der Waals surface area (Å²) in [6.07, 6.45) is 0. The van der Waals surface area contributed by atoms with Gasteiger partial charge in [-0.2, -0.15) is 0 Å². The van der Waals surface area contributed by atoms with Crippen LogP contribution in [-0.2, 0) is 5.41 Å². The first-order valence-corrected chi connectivity index (χ1v) is 33.7. The van der Waals surface area contributed by atoms with Crippen LogP contribution in [0.5, 0.6) is 0 Å². The number of aromatic nitrogens is 8. The van der Waals surface area contributed by atoms with Crippen LogP contribution in [-0.4, -0.2) is 37.8 Å². The summed E-state index contributed by atoms with van der Waals surface area (Å²) in [4.78, 5) is 16.3. The zero-order chi connectivity index (χ0) is 64.5. The van der Waals surface area contributed by atoms with Crippen LogP contribution in [0.25, 0.3) is 183 Å². The summed E-state index contributed by atoms with van der Waals surface area (Å²) in [6, 6.07) is 115. The molecule has 0 spiro atoms. The molecule has 1 aliphatic carbocycles. The van der Waals surface area contributed by atoms with Gasteiger partial charge in [0.15, 0.2) is 17.5 Å². The summed E-state index contributed by atoms with van der Waals surface area (Å²) in [7, 11) is 0. The maximum Gasteiger partial charge on any atom is 0.164 e. The lowest BCUT2D eigenvalue weighted by molar-refractivity contribution is 0.666. The monoisotopic (exact) mass is 1250 g/mol. The third-order valence-corrected chi connectivity index (χ3v) is 21.0. The lowest BCUT2D eigenvalue weighted by Crippen LogP contribution is -2.15. The second-order valence-corrected chi connectivity index (χ2v) is 26.6. The van der Waals surface area contributed by atoms with E-state index in [9.17, 15) is 0 Å². The fraction of sp³-hybridized carbons (Fsp3) is 0.0333. The fourth-order valence-electron chi connectivity index (χ4n) is 17.1. The molecular formula is C90H58N8. The van der Waals surface area contributed by atoms with Gasteiger partial charge in [0.05, 0.1) is 55.2 Å². The summed E-state index contributed by atoms with van der Waals surface area (Å²) in [5.41, 5.74) is 24.1. The second kappa shape index (κ2) is 20.5. The summed E-state index contributed by atoms with van der Waals surface area (Å²) in [6.45, 7) is 4.80. The third-order valence-electron chi connectivity index (χ3n) is 21.0. The summed E-state index contributed by atoms with van der Waals surface area (Å²) in [5.74, 6) is 1.76. The Morgan fingerprint density at radius 3 is 1.15 bits per heavy atom. The van der Waals surface area contributed by atoms with Crippen molar-refractivity contribution in [1.29, 1.82) is 0 Å². The van der Waals surface area contributed by atoms with E-state index in [0.717, 1.165) is 122 Å². The van der Waals surface area contributed by atoms with Gasteiger partial charge in [0, 0.05) is 104 Å². The van der Waals surface area contributed by atoms with Gasteiger partial charge in [0.1, 0.15) is 0 Å². The SMILES string of the molecule is CC1(C)c2ccccc2-c2ccc3c(c21)c1ccccc1n3-c1cc(-c2nc(-c3ccccc3)nc(-c3ccccc3)n2)cc(-n2c3ccccc3c3c2c2c4ccccc4n(-c4ccccc4)c2c2c4ccc5c(c6ccccc6n5-c5ccccc5)c4n(-c4ccccc4)c23)c1. The van der Waals surface area contributed by atoms with E-state index in [4.69, 9.17) is 15.0 Å². The molecule has 14 aromatic carbocycles. The molecule has 0 unspecified atom stereocenters. The molecule has 21 rings (SSSR count). The number of hydrogen-bond acceptors (Lipinski definition) is 3. The molecule has 0 bridgehead atoms. The first kappa shape index (κ1) is 54.5. The van der Waals surface area contributed by atoms with Crippen molar-refractivity contribution in [2.24, 2.45) is 0 Å². The number of benzene rings is 14. The Balaban J connectivity index is 0.973. The molecule has 98 heavy (non-hydrogen) atoms. The van der Waals surface area contributed by atoms with Crippen LogP contribution < -0.4 is 0 Å². The minimum atomic E-state index is -0.272. The minimum absolute atomic E-state index is 0.272. The molecule has 6 aromatic heterocycles. The molecule has 1 aliphatic rings.